The third-order valence-corrected chi connectivity index (χ3v) is 6.01. The second kappa shape index (κ2) is 7.81. The summed E-state index contributed by atoms with van der Waals surface area (Å²) in [5.41, 5.74) is 1.46. The average Bonchev–Trinajstić information content (AvgIpc) is 3.28. The summed E-state index contributed by atoms with van der Waals surface area (Å²) in [6.45, 7) is 5.01. The molecule has 126 valence electrons. The second-order valence-corrected chi connectivity index (χ2v) is 7.95. The number of carbonyl (C=O) groups excluding carboxylic acids is 1. The zero-order valence-electron chi connectivity index (χ0n) is 13.3. The molecule has 7 heteroatoms. The molecule has 0 unspecified atom stereocenters. The highest BCUT2D eigenvalue weighted by Crippen LogP contribution is 2.47. The molecule has 0 bridgehead atoms. The van der Waals surface area contributed by atoms with Gasteiger partial charge in [-0.1, -0.05) is 59.5 Å². The maximum atomic E-state index is 12.1. The molecular formula is C17H20N4OS2. The van der Waals surface area contributed by atoms with Gasteiger partial charge in [0.1, 0.15) is 0 Å². The van der Waals surface area contributed by atoms with Gasteiger partial charge in [0.25, 0.3) is 0 Å². The van der Waals surface area contributed by atoms with Crippen molar-refractivity contribution in [2.75, 3.05) is 24.2 Å². The molecular weight excluding hydrogens is 340 g/mol. The van der Waals surface area contributed by atoms with Crippen molar-refractivity contribution in [1.29, 1.82) is 0 Å². The fourth-order valence-corrected chi connectivity index (χ4v) is 4.04. The molecule has 1 fully saturated rings. The van der Waals surface area contributed by atoms with E-state index < -0.39 is 0 Å². The van der Waals surface area contributed by atoms with Crippen molar-refractivity contribution < 1.29 is 4.79 Å². The number of thioether (sulfide) groups is 1. The number of carbonyl (C=O) groups is 1. The zero-order chi connectivity index (χ0) is 16.8. The van der Waals surface area contributed by atoms with Crippen molar-refractivity contribution in [3.63, 3.8) is 0 Å². The van der Waals surface area contributed by atoms with E-state index in [-0.39, 0.29) is 11.3 Å². The zero-order valence-corrected chi connectivity index (χ0v) is 15.0. The molecule has 1 aromatic heterocycles. The maximum absolute atomic E-state index is 12.1. The van der Waals surface area contributed by atoms with E-state index in [1.807, 2.05) is 6.07 Å². The van der Waals surface area contributed by atoms with Gasteiger partial charge in [0.05, 0.1) is 5.75 Å². The molecule has 2 N–H and O–H groups in total. The maximum Gasteiger partial charge on any atom is 0.230 e. The molecule has 1 amide bonds. The van der Waals surface area contributed by atoms with Crippen LogP contribution >= 0.6 is 23.1 Å². The van der Waals surface area contributed by atoms with E-state index in [1.165, 1.54) is 28.7 Å². The highest BCUT2D eigenvalue weighted by atomic mass is 32.2. The third-order valence-electron chi connectivity index (χ3n) is 3.99. The molecule has 0 saturated heterocycles. The molecule has 5 nitrogen and oxygen atoms in total. The fourth-order valence-electron chi connectivity index (χ4n) is 2.46. The van der Waals surface area contributed by atoms with Crippen molar-refractivity contribution in [3.05, 3.63) is 48.6 Å². The highest BCUT2D eigenvalue weighted by molar-refractivity contribution is 8.01. The Morgan fingerprint density at radius 2 is 2.12 bits per heavy atom. The topological polar surface area (TPSA) is 66.9 Å². The first-order valence-corrected chi connectivity index (χ1v) is 9.65. The van der Waals surface area contributed by atoms with Gasteiger partial charge in [0, 0.05) is 18.5 Å². The molecule has 24 heavy (non-hydrogen) atoms. The molecule has 1 aromatic carbocycles. The van der Waals surface area contributed by atoms with Gasteiger partial charge < -0.3 is 10.6 Å². The predicted octanol–water partition coefficient (Wildman–Crippen LogP) is 3.08. The Morgan fingerprint density at radius 3 is 2.83 bits per heavy atom. The largest absolute Gasteiger partial charge is 0.357 e. The van der Waals surface area contributed by atoms with Gasteiger partial charge in [-0.05, 0) is 18.4 Å². The molecule has 0 radical (unpaired) electrons. The van der Waals surface area contributed by atoms with Crippen molar-refractivity contribution in [3.8, 4) is 0 Å². The van der Waals surface area contributed by atoms with Crippen molar-refractivity contribution in [1.82, 2.24) is 15.5 Å². The van der Waals surface area contributed by atoms with E-state index in [9.17, 15) is 4.79 Å². The van der Waals surface area contributed by atoms with Crippen LogP contribution in [0.5, 0.6) is 0 Å². The Morgan fingerprint density at radius 1 is 1.33 bits per heavy atom. The lowest BCUT2D eigenvalue weighted by Gasteiger charge is -2.16. The third kappa shape index (κ3) is 4.36. The summed E-state index contributed by atoms with van der Waals surface area (Å²) in [6, 6.07) is 10.4. The number of hydrogen-bond donors (Lipinski definition) is 2. The summed E-state index contributed by atoms with van der Waals surface area (Å²) in [5.74, 6) is 0.402. The summed E-state index contributed by atoms with van der Waals surface area (Å²) in [4.78, 5) is 12.1. The number of anilines is 1. The van der Waals surface area contributed by atoms with Crippen LogP contribution in [-0.2, 0) is 10.2 Å². The molecule has 2 aromatic rings. The number of hydrogen-bond acceptors (Lipinski definition) is 6. The van der Waals surface area contributed by atoms with Crippen molar-refractivity contribution in [2.24, 2.45) is 0 Å². The van der Waals surface area contributed by atoms with E-state index >= 15 is 0 Å². The number of nitrogens with one attached hydrogen (secondary N) is 2. The number of nitrogens with zero attached hydrogens (tertiary/aromatic N) is 2. The van der Waals surface area contributed by atoms with Crippen LogP contribution in [0, 0.1) is 0 Å². The average molecular weight is 361 g/mol. The van der Waals surface area contributed by atoms with E-state index in [0.29, 0.717) is 18.8 Å². The monoisotopic (exact) mass is 360 g/mol. The highest BCUT2D eigenvalue weighted by Gasteiger charge is 2.44. The standard InChI is InChI=1S/C17H20N4OS2/c1-2-10-18-15-20-21-16(24-15)23-11-14(22)19-12-17(8-9-17)13-6-4-3-5-7-13/h2-7H,1,8-12H2,(H,18,20)(H,19,22). The van der Waals surface area contributed by atoms with Gasteiger partial charge in [-0.2, -0.15) is 0 Å². The minimum atomic E-state index is 0.0398. The lowest BCUT2D eigenvalue weighted by Crippen LogP contribution is -2.33. The fraction of sp³-hybridized carbons (Fsp3) is 0.353. The van der Waals surface area contributed by atoms with Gasteiger partial charge in [-0.15, -0.1) is 16.8 Å². The Hall–Kier alpha value is -1.86. The minimum Gasteiger partial charge on any atom is -0.357 e. The molecule has 1 aliphatic rings. The number of amides is 1. The molecule has 1 saturated carbocycles. The normalized spacial score (nSPS) is 14.8. The molecule has 3 rings (SSSR count). The lowest BCUT2D eigenvalue weighted by atomic mass is 9.96. The van der Waals surface area contributed by atoms with Crippen LogP contribution in [0.1, 0.15) is 18.4 Å². The smallest absolute Gasteiger partial charge is 0.230 e. The van der Waals surface area contributed by atoms with Gasteiger partial charge in [0.2, 0.25) is 11.0 Å². The van der Waals surface area contributed by atoms with Crippen molar-refractivity contribution >= 4 is 34.1 Å². The van der Waals surface area contributed by atoms with Crippen LogP contribution in [0.2, 0.25) is 0 Å². The summed E-state index contributed by atoms with van der Waals surface area (Å²) in [7, 11) is 0. The first-order chi connectivity index (χ1) is 11.7. The second-order valence-electron chi connectivity index (χ2n) is 5.75. The van der Waals surface area contributed by atoms with Gasteiger partial charge in [-0.3, -0.25) is 4.79 Å². The van der Waals surface area contributed by atoms with Crippen LogP contribution in [0.4, 0.5) is 5.13 Å². The Balaban J connectivity index is 1.43. The van der Waals surface area contributed by atoms with Gasteiger partial charge >= 0.3 is 0 Å². The van der Waals surface area contributed by atoms with Gasteiger partial charge in [-0.25, -0.2) is 0 Å². The lowest BCUT2D eigenvalue weighted by molar-refractivity contribution is -0.118. The van der Waals surface area contributed by atoms with Crippen molar-refractivity contribution in [2.45, 2.75) is 22.6 Å². The Labute approximate surface area is 150 Å². The van der Waals surface area contributed by atoms with Crippen LogP contribution in [0.25, 0.3) is 0 Å². The van der Waals surface area contributed by atoms with E-state index in [1.54, 1.807) is 6.08 Å². The molecule has 0 aliphatic heterocycles. The van der Waals surface area contributed by atoms with Gasteiger partial charge in [0.15, 0.2) is 4.34 Å². The molecule has 1 aliphatic carbocycles. The van der Waals surface area contributed by atoms with Crippen LogP contribution in [0.15, 0.2) is 47.3 Å². The molecule has 0 atom stereocenters. The Kier molecular flexibility index (Phi) is 5.52. The summed E-state index contributed by atoms with van der Waals surface area (Å²) in [6.07, 6.45) is 4.04. The SMILES string of the molecule is C=CCNc1nnc(SCC(=O)NCC2(c3ccccc3)CC2)s1. The first-order valence-electron chi connectivity index (χ1n) is 7.85. The van der Waals surface area contributed by atoms with Crippen LogP contribution in [0.3, 0.4) is 0 Å². The Bertz CT molecular complexity index is 698. The van der Waals surface area contributed by atoms with E-state index in [0.717, 1.165) is 22.3 Å². The quantitative estimate of drug-likeness (QED) is 0.531. The van der Waals surface area contributed by atoms with Crippen LogP contribution in [-0.4, -0.2) is 34.9 Å². The summed E-state index contributed by atoms with van der Waals surface area (Å²) < 4.78 is 0.793. The predicted molar refractivity (Wildman–Crippen MR) is 99.7 cm³/mol. The number of rotatable bonds is 9. The summed E-state index contributed by atoms with van der Waals surface area (Å²) in [5, 5.41) is 15.0. The minimum absolute atomic E-state index is 0.0398. The van der Waals surface area contributed by atoms with Crippen LogP contribution < -0.4 is 10.6 Å². The molecule has 1 heterocycles. The summed E-state index contributed by atoms with van der Waals surface area (Å²) >= 11 is 2.87. The van der Waals surface area contributed by atoms with E-state index in [4.69, 9.17) is 0 Å². The molecule has 0 spiro atoms. The number of benzene rings is 1. The number of aromatic nitrogens is 2. The first kappa shape index (κ1) is 17.0. The van der Waals surface area contributed by atoms with E-state index in [2.05, 4.69) is 51.7 Å².